The number of carbonyl (C=O) groups is 1. The summed E-state index contributed by atoms with van der Waals surface area (Å²) in [4.78, 5) is 12.6. The molecule has 0 aromatic carbocycles. The standard InChI is InChI=1S/C31H47O3.CH3.Co.H/c1-19(2)20(3)10-11-21(27(33)34)26-24(32)18-31(8)23-12-13-25-28(4,5)15-9-16-29(25,6)22(23)14-17-30(26,31)7;;;/h12,14-15,19,21,24-26,32H,3,9-11,13,16-18H2,1-2,4-8H3,(H,33,34);1H3;;/q2*-1;+2;/t21?,24-,25+,26+,29-,30-,31+;;;/m1.../s1. The predicted molar refractivity (Wildman–Crippen MR) is 147 cm³/mol. The molecule has 0 aliphatic heterocycles. The molecule has 2 N–H and O–H groups in total. The van der Waals surface area contributed by atoms with Crippen LogP contribution >= 0.6 is 0 Å². The summed E-state index contributed by atoms with van der Waals surface area (Å²) in [5.74, 6) is -0.636. The number of rotatable bonds is 6. The van der Waals surface area contributed by atoms with Gasteiger partial charge in [0.15, 0.2) is 0 Å². The van der Waals surface area contributed by atoms with Crippen LogP contribution in [0.5, 0.6) is 0 Å². The monoisotopic (exact) mass is 542 g/mol. The molecule has 0 amide bonds. The molecule has 3 nitrogen and oxygen atoms in total. The third kappa shape index (κ3) is 4.51. The molecular weight excluding hydrogens is 491 g/mol. The van der Waals surface area contributed by atoms with E-state index in [0.717, 1.165) is 24.8 Å². The van der Waals surface area contributed by atoms with Crippen LogP contribution in [0, 0.1) is 59.2 Å². The van der Waals surface area contributed by atoms with Crippen molar-refractivity contribution in [1.29, 1.82) is 0 Å². The van der Waals surface area contributed by atoms with Gasteiger partial charge in [0.05, 0.1) is 12.0 Å². The third-order valence-corrected chi connectivity index (χ3v) is 11.2. The molecule has 36 heavy (non-hydrogen) atoms. The summed E-state index contributed by atoms with van der Waals surface area (Å²) in [5, 5.41) is 21.8. The molecule has 206 valence electrons. The molecule has 1 unspecified atom stereocenters. The van der Waals surface area contributed by atoms with Crippen LogP contribution in [0.4, 0.5) is 0 Å². The average Bonchev–Trinajstić information content (AvgIpc) is 2.93. The van der Waals surface area contributed by atoms with Crippen LogP contribution in [0.25, 0.3) is 0 Å². The van der Waals surface area contributed by atoms with Gasteiger partial charge in [0.25, 0.3) is 0 Å². The Morgan fingerprint density at radius 2 is 1.81 bits per heavy atom. The van der Waals surface area contributed by atoms with Crippen LogP contribution in [-0.4, -0.2) is 22.3 Å². The SMILES string of the molecule is C=C(CCC(C(=O)O)[C@H]1[C@H](O)C[C@@]2(C)C3=CC[C@H]4C(C)(C)[CH-]CC[C@]4(C)C3=CC[C@]12C)C(C)C.[CH3-].[CoH+2]. The van der Waals surface area contributed by atoms with Crippen molar-refractivity contribution in [3.8, 4) is 0 Å². The van der Waals surface area contributed by atoms with E-state index in [1.54, 1.807) is 0 Å². The second-order valence-corrected chi connectivity index (χ2v) is 13.6. The zero-order chi connectivity index (χ0) is 25.3. The molecule has 4 heteroatoms. The summed E-state index contributed by atoms with van der Waals surface area (Å²) in [5.41, 5.74) is 3.89. The molecule has 1 radical (unpaired) electrons. The third-order valence-electron chi connectivity index (χ3n) is 11.2. The van der Waals surface area contributed by atoms with Crippen molar-refractivity contribution in [2.45, 2.75) is 99.5 Å². The Morgan fingerprint density at radius 3 is 2.39 bits per heavy atom. The zero-order valence-corrected chi connectivity index (χ0v) is 25.0. The van der Waals surface area contributed by atoms with Crippen molar-refractivity contribution in [2.75, 3.05) is 0 Å². The summed E-state index contributed by atoms with van der Waals surface area (Å²) in [6, 6.07) is 0. The Labute approximate surface area is 231 Å². The Bertz CT molecular complexity index is 930. The van der Waals surface area contributed by atoms with Crippen LogP contribution < -0.4 is 0 Å². The summed E-state index contributed by atoms with van der Waals surface area (Å²) < 4.78 is 0. The summed E-state index contributed by atoms with van der Waals surface area (Å²) in [6.45, 7) is 20.2. The molecular formula is C32H51CoO3. The number of carboxylic acid groups (broad SMARTS) is 1. The first-order valence-electron chi connectivity index (χ1n) is 13.5. The Hall–Kier alpha value is -0.844. The number of hydrogen-bond donors (Lipinski definition) is 2. The van der Waals surface area contributed by atoms with Crippen molar-refractivity contribution in [3.05, 3.63) is 49.3 Å². The van der Waals surface area contributed by atoms with Crippen molar-refractivity contribution < 1.29 is 31.8 Å². The van der Waals surface area contributed by atoms with E-state index in [-0.39, 0.29) is 51.8 Å². The fraction of sp³-hybridized carbons (Fsp3) is 0.719. The number of allylic oxidation sites excluding steroid dienone is 5. The van der Waals surface area contributed by atoms with Gasteiger partial charge in [-0.3, -0.25) is 4.79 Å². The van der Waals surface area contributed by atoms with Crippen LogP contribution in [0.3, 0.4) is 0 Å². The Balaban J connectivity index is 0.00000228. The van der Waals surface area contributed by atoms with E-state index in [1.807, 2.05) is 0 Å². The second-order valence-electron chi connectivity index (χ2n) is 13.6. The Kier molecular flexibility index (Phi) is 9.04. The second kappa shape index (κ2) is 10.4. The van der Waals surface area contributed by atoms with Crippen molar-refractivity contribution in [2.24, 2.45) is 45.3 Å². The quantitative estimate of drug-likeness (QED) is 0.269. The van der Waals surface area contributed by atoms with Gasteiger partial charge in [-0.2, -0.15) is 11.8 Å². The fourth-order valence-electron chi connectivity index (χ4n) is 8.75. The average molecular weight is 543 g/mol. The summed E-state index contributed by atoms with van der Waals surface area (Å²) in [7, 11) is 0. The number of aliphatic hydroxyl groups excluding tert-OH is 1. The van der Waals surface area contributed by atoms with Gasteiger partial charge in [-0.15, -0.1) is 0 Å². The van der Waals surface area contributed by atoms with E-state index >= 15 is 0 Å². The molecule has 2 fully saturated rings. The van der Waals surface area contributed by atoms with Gasteiger partial charge in [-0.05, 0) is 60.0 Å². The molecule has 2 saturated carbocycles. The van der Waals surface area contributed by atoms with Crippen LogP contribution in [-0.2, 0) is 21.6 Å². The van der Waals surface area contributed by atoms with E-state index in [9.17, 15) is 15.0 Å². The van der Waals surface area contributed by atoms with E-state index in [4.69, 9.17) is 0 Å². The van der Waals surface area contributed by atoms with Crippen LogP contribution in [0.15, 0.2) is 35.5 Å². The summed E-state index contributed by atoms with van der Waals surface area (Å²) in [6.07, 6.45) is 13.0. The maximum atomic E-state index is 12.6. The zero-order valence-electron chi connectivity index (χ0n) is 23.9. The molecule has 0 heterocycles. The van der Waals surface area contributed by atoms with Crippen LogP contribution in [0.1, 0.15) is 93.4 Å². The summed E-state index contributed by atoms with van der Waals surface area (Å²) >= 11 is 0. The van der Waals surface area contributed by atoms with Crippen molar-refractivity contribution in [3.63, 3.8) is 0 Å². The van der Waals surface area contributed by atoms with Gasteiger partial charge in [0.2, 0.25) is 0 Å². The van der Waals surface area contributed by atoms with Gasteiger partial charge >= 0.3 is 22.7 Å². The minimum absolute atomic E-state index is 0. The number of aliphatic carboxylic acids is 1. The topological polar surface area (TPSA) is 57.5 Å². The van der Waals surface area contributed by atoms with Gasteiger partial charge in [0, 0.05) is 11.3 Å². The molecule has 0 saturated heterocycles. The van der Waals surface area contributed by atoms with Gasteiger partial charge in [0.1, 0.15) is 0 Å². The Morgan fingerprint density at radius 1 is 1.17 bits per heavy atom. The van der Waals surface area contributed by atoms with Gasteiger partial charge in [-0.25, -0.2) is 0 Å². The first kappa shape index (κ1) is 31.4. The van der Waals surface area contributed by atoms with Crippen molar-refractivity contribution in [1.82, 2.24) is 0 Å². The number of aliphatic hydroxyl groups is 1. The van der Waals surface area contributed by atoms with E-state index < -0.39 is 18.0 Å². The molecule has 4 aliphatic rings. The molecule has 0 bridgehead atoms. The normalized spacial score (nSPS) is 39.3. The van der Waals surface area contributed by atoms with Crippen molar-refractivity contribution >= 4 is 5.97 Å². The van der Waals surface area contributed by atoms with Crippen LogP contribution in [0.2, 0.25) is 0 Å². The number of hydrogen-bond acceptors (Lipinski definition) is 2. The molecule has 7 atom stereocenters. The van der Waals surface area contributed by atoms with Gasteiger partial charge < -0.3 is 24.1 Å². The van der Waals surface area contributed by atoms with E-state index in [2.05, 4.69) is 73.6 Å². The fourth-order valence-corrected chi connectivity index (χ4v) is 8.75. The number of fused-ring (bicyclic) bond motifs is 5. The maximum absolute atomic E-state index is 12.6. The number of carboxylic acids is 1. The minimum atomic E-state index is -0.768. The molecule has 0 aromatic rings. The molecule has 4 aliphatic carbocycles. The molecule has 4 rings (SSSR count). The molecule has 0 spiro atoms. The first-order chi connectivity index (χ1) is 15.7. The van der Waals surface area contributed by atoms with E-state index in [0.29, 0.717) is 31.1 Å². The molecule has 0 aromatic heterocycles. The van der Waals surface area contributed by atoms with E-state index in [1.165, 1.54) is 17.6 Å². The first-order valence-corrected chi connectivity index (χ1v) is 13.5. The van der Waals surface area contributed by atoms with Gasteiger partial charge in [-0.1, -0.05) is 85.1 Å². The predicted octanol–water partition coefficient (Wildman–Crippen LogP) is 7.56.